The Balaban J connectivity index is 1.93. The van der Waals surface area contributed by atoms with Crippen LogP contribution in [0.5, 0.6) is 0 Å². The second-order valence-corrected chi connectivity index (χ2v) is 7.54. The van der Waals surface area contributed by atoms with Gasteiger partial charge < -0.3 is 9.64 Å². The lowest BCUT2D eigenvalue weighted by molar-refractivity contribution is -0.140. The fourth-order valence-electron chi connectivity index (χ4n) is 2.15. The third-order valence-electron chi connectivity index (χ3n) is 3.76. The lowest BCUT2D eigenvalue weighted by Gasteiger charge is -2.17. The largest absolute Gasteiger partial charge is 0.469 e. The van der Waals surface area contributed by atoms with E-state index in [1.165, 1.54) is 36.3 Å². The maximum absolute atomic E-state index is 12.3. The van der Waals surface area contributed by atoms with E-state index in [0.717, 1.165) is 12.8 Å². The third-order valence-corrected chi connectivity index (χ3v) is 5.30. The maximum atomic E-state index is 12.3. The molecule has 132 valence electrons. The average Bonchev–Trinajstić information content (AvgIpc) is 3.37. The van der Waals surface area contributed by atoms with E-state index in [2.05, 4.69) is 9.46 Å². The normalized spacial score (nSPS) is 14.2. The summed E-state index contributed by atoms with van der Waals surface area (Å²) in [6.45, 7) is 0.414. The van der Waals surface area contributed by atoms with Crippen molar-refractivity contribution in [1.82, 2.24) is 9.62 Å². The second-order valence-electron chi connectivity index (χ2n) is 5.83. The molecule has 1 amide bonds. The highest BCUT2D eigenvalue weighted by Crippen LogP contribution is 2.22. The van der Waals surface area contributed by atoms with Crippen molar-refractivity contribution in [2.24, 2.45) is 0 Å². The molecule has 1 saturated carbocycles. The molecule has 0 spiro atoms. The minimum absolute atomic E-state index is 0.0391. The average molecular weight is 354 g/mol. The SMILES string of the molecule is COC(=O)CCCN(C)C(=O)c1ccc(S(=O)(=O)NC2CC2)cc1. The van der Waals surface area contributed by atoms with Gasteiger partial charge in [0, 0.05) is 31.6 Å². The first kappa shape index (κ1) is 18.4. The molecule has 0 unspecified atom stereocenters. The second kappa shape index (κ2) is 7.76. The Kier molecular flexibility index (Phi) is 5.95. The summed E-state index contributed by atoms with van der Waals surface area (Å²) in [7, 11) is -0.551. The molecule has 0 aromatic heterocycles. The summed E-state index contributed by atoms with van der Waals surface area (Å²) in [5, 5.41) is 0. The number of ether oxygens (including phenoxy) is 1. The monoisotopic (exact) mass is 354 g/mol. The van der Waals surface area contributed by atoms with Gasteiger partial charge in [0.1, 0.15) is 0 Å². The molecule has 24 heavy (non-hydrogen) atoms. The molecule has 0 heterocycles. The standard InChI is InChI=1S/C16H22N2O5S/c1-18(11-3-4-15(19)23-2)16(20)12-5-9-14(10-6-12)24(21,22)17-13-7-8-13/h5-6,9-10,13,17H,3-4,7-8,11H2,1-2H3. The van der Waals surface area contributed by atoms with Crippen molar-refractivity contribution in [2.45, 2.75) is 36.6 Å². The minimum atomic E-state index is -3.51. The summed E-state index contributed by atoms with van der Waals surface area (Å²) in [4.78, 5) is 25.0. The van der Waals surface area contributed by atoms with Crippen LogP contribution in [-0.4, -0.2) is 51.9 Å². The molecule has 2 rings (SSSR count). The van der Waals surface area contributed by atoms with Gasteiger partial charge in [-0.1, -0.05) is 0 Å². The van der Waals surface area contributed by atoms with E-state index >= 15 is 0 Å². The molecule has 7 nitrogen and oxygen atoms in total. The van der Waals surface area contributed by atoms with Gasteiger partial charge in [-0.25, -0.2) is 13.1 Å². The van der Waals surface area contributed by atoms with Crippen LogP contribution in [0.4, 0.5) is 0 Å². The number of sulfonamides is 1. The number of amides is 1. The van der Waals surface area contributed by atoms with Crippen LogP contribution in [0, 0.1) is 0 Å². The topological polar surface area (TPSA) is 92.8 Å². The lowest BCUT2D eigenvalue weighted by atomic mass is 10.2. The summed E-state index contributed by atoms with van der Waals surface area (Å²) in [6.07, 6.45) is 2.49. The molecular weight excluding hydrogens is 332 g/mol. The van der Waals surface area contributed by atoms with Crippen LogP contribution >= 0.6 is 0 Å². The van der Waals surface area contributed by atoms with E-state index < -0.39 is 10.0 Å². The smallest absolute Gasteiger partial charge is 0.305 e. The molecule has 0 saturated heterocycles. The molecule has 1 aliphatic carbocycles. The third kappa shape index (κ3) is 5.04. The number of nitrogens with zero attached hydrogens (tertiary/aromatic N) is 1. The molecular formula is C16H22N2O5S. The Morgan fingerprint density at radius 2 is 1.88 bits per heavy atom. The van der Waals surface area contributed by atoms with Crippen LogP contribution in [0.3, 0.4) is 0 Å². The Bertz CT molecular complexity index is 696. The van der Waals surface area contributed by atoms with Gasteiger partial charge >= 0.3 is 5.97 Å². The molecule has 0 radical (unpaired) electrons. The molecule has 1 aromatic rings. The first-order chi connectivity index (χ1) is 11.3. The van der Waals surface area contributed by atoms with Gasteiger partial charge in [0.15, 0.2) is 0 Å². The van der Waals surface area contributed by atoms with Gasteiger partial charge in [-0.2, -0.15) is 0 Å². The maximum Gasteiger partial charge on any atom is 0.305 e. The lowest BCUT2D eigenvalue weighted by Crippen LogP contribution is -2.28. The van der Waals surface area contributed by atoms with Crippen molar-refractivity contribution in [3.8, 4) is 0 Å². The van der Waals surface area contributed by atoms with Crippen molar-refractivity contribution in [3.05, 3.63) is 29.8 Å². The summed E-state index contributed by atoms with van der Waals surface area (Å²) in [5.74, 6) is -0.535. The Morgan fingerprint density at radius 1 is 1.25 bits per heavy atom. The van der Waals surface area contributed by atoms with Crippen LogP contribution < -0.4 is 4.72 Å². The number of hydrogen-bond acceptors (Lipinski definition) is 5. The van der Waals surface area contributed by atoms with E-state index in [1.54, 1.807) is 7.05 Å². The van der Waals surface area contributed by atoms with Gasteiger partial charge in [0.25, 0.3) is 5.91 Å². The van der Waals surface area contributed by atoms with Crippen LogP contribution in [0.2, 0.25) is 0 Å². The van der Waals surface area contributed by atoms with Crippen molar-refractivity contribution in [3.63, 3.8) is 0 Å². The van der Waals surface area contributed by atoms with Crippen molar-refractivity contribution in [1.29, 1.82) is 0 Å². The van der Waals surface area contributed by atoms with E-state index in [0.29, 0.717) is 18.5 Å². The number of methoxy groups -OCH3 is 1. The predicted octanol–water partition coefficient (Wildman–Crippen LogP) is 1.15. The minimum Gasteiger partial charge on any atom is -0.469 e. The van der Waals surface area contributed by atoms with Gasteiger partial charge in [0.2, 0.25) is 10.0 Å². The number of nitrogens with one attached hydrogen (secondary N) is 1. The Hall–Kier alpha value is -1.93. The first-order valence-electron chi connectivity index (χ1n) is 7.78. The highest BCUT2D eigenvalue weighted by molar-refractivity contribution is 7.89. The molecule has 8 heteroatoms. The molecule has 1 N–H and O–H groups in total. The van der Waals surface area contributed by atoms with Crippen molar-refractivity contribution in [2.75, 3.05) is 20.7 Å². The van der Waals surface area contributed by atoms with Gasteiger partial charge in [0.05, 0.1) is 12.0 Å². The molecule has 0 aliphatic heterocycles. The summed E-state index contributed by atoms with van der Waals surface area (Å²) >= 11 is 0. The fraction of sp³-hybridized carbons (Fsp3) is 0.500. The number of carbonyl (C=O) groups excluding carboxylic acids is 2. The highest BCUT2D eigenvalue weighted by atomic mass is 32.2. The molecule has 0 bridgehead atoms. The molecule has 1 fully saturated rings. The fourth-order valence-corrected chi connectivity index (χ4v) is 3.45. The van der Waals surface area contributed by atoms with Crippen molar-refractivity contribution < 1.29 is 22.7 Å². The summed E-state index contributed by atoms with van der Waals surface area (Å²) in [5.41, 5.74) is 0.404. The summed E-state index contributed by atoms with van der Waals surface area (Å²) in [6, 6.07) is 5.90. The zero-order valence-electron chi connectivity index (χ0n) is 13.8. The van der Waals surface area contributed by atoms with Gasteiger partial charge in [-0.05, 0) is 43.5 Å². The molecule has 1 aromatic carbocycles. The first-order valence-corrected chi connectivity index (χ1v) is 9.26. The summed E-state index contributed by atoms with van der Waals surface area (Å²) < 4.78 is 31.3. The quantitative estimate of drug-likeness (QED) is 0.707. The predicted molar refractivity (Wildman–Crippen MR) is 88.0 cm³/mol. The number of rotatable bonds is 8. The number of benzene rings is 1. The number of carbonyl (C=O) groups is 2. The van der Waals surface area contributed by atoms with Crippen LogP contribution in [0.25, 0.3) is 0 Å². The van der Waals surface area contributed by atoms with E-state index in [9.17, 15) is 18.0 Å². The van der Waals surface area contributed by atoms with E-state index in [-0.39, 0.29) is 29.2 Å². The van der Waals surface area contributed by atoms with Crippen LogP contribution in [0.15, 0.2) is 29.2 Å². The van der Waals surface area contributed by atoms with E-state index in [1.807, 2.05) is 0 Å². The molecule has 1 aliphatic rings. The highest BCUT2D eigenvalue weighted by Gasteiger charge is 2.28. The van der Waals surface area contributed by atoms with Gasteiger partial charge in [-0.3, -0.25) is 9.59 Å². The Morgan fingerprint density at radius 3 is 2.42 bits per heavy atom. The zero-order chi connectivity index (χ0) is 17.7. The Labute approximate surface area is 142 Å². The van der Waals surface area contributed by atoms with E-state index in [4.69, 9.17) is 0 Å². The zero-order valence-corrected chi connectivity index (χ0v) is 14.6. The number of hydrogen-bond donors (Lipinski definition) is 1. The van der Waals surface area contributed by atoms with Crippen LogP contribution in [0.1, 0.15) is 36.0 Å². The van der Waals surface area contributed by atoms with Crippen LogP contribution in [-0.2, 0) is 19.6 Å². The molecule has 0 atom stereocenters. The number of esters is 1. The van der Waals surface area contributed by atoms with Crippen molar-refractivity contribution >= 4 is 21.9 Å². The van der Waals surface area contributed by atoms with Gasteiger partial charge in [-0.15, -0.1) is 0 Å².